The molecule has 7 nitrogen and oxygen atoms in total. The van der Waals surface area contributed by atoms with Gasteiger partial charge in [-0.15, -0.1) is 0 Å². The van der Waals surface area contributed by atoms with Crippen LogP contribution in [0.25, 0.3) is 0 Å². The molecular weight excluding hydrogens is 204 g/mol. The van der Waals surface area contributed by atoms with Crippen molar-refractivity contribution < 1.29 is 24.6 Å². The third-order valence-corrected chi connectivity index (χ3v) is 2.22. The lowest BCUT2D eigenvalue weighted by atomic mass is 10.0. The molecule has 1 atom stereocenters. The van der Waals surface area contributed by atoms with Crippen molar-refractivity contribution in [3.05, 3.63) is 0 Å². The SMILES string of the molecule is CC1(C)C(=O)NC(=O)N1C(=O)C(O)CO. The van der Waals surface area contributed by atoms with Crippen molar-refractivity contribution in [2.75, 3.05) is 6.61 Å². The zero-order valence-corrected chi connectivity index (χ0v) is 8.35. The molecule has 15 heavy (non-hydrogen) atoms. The van der Waals surface area contributed by atoms with Gasteiger partial charge in [-0.05, 0) is 13.8 Å². The Morgan fingerprint density at radius 3 is 2.40 bits per heavy atom. The summed E-state index contributed by atoms with van der Waals surface area (Å²) in [5, 5.41) is 19.6. The third-order valence-electron chi connectivity index (χ3n) is 2.22. The van der Waals surface area contributed by atoms with Crippen LogP contribution in [0.4, 0.5) is 4.79 Å². The molecule has 1 saturated heterocycles. The van der Waals surface area contributed by atoms with E-state index in [-0.39, 0.29) is 0 Å². The Balaban J connectivity index is 2.99. The van der Waals surface area contributed by atoms with E-state index in [2.05, 4.69) is 0 Å². The molecule has 0 aliphatic carbocycles. The van der Waals surface area contributed by atoms with Crippen LogP contribution in [-0.4, -0.2) is 51.2 Å². The molecule has 0 aromatic heterocycles. The highest BCUT2D eigenvalue weighted by Crippen LogP contribution is 2.21. The number of amides is 4. The number of imide groups is 2. The van der Waals surface area contributed by atoms with Crippen LogP contribution >= 0.6 is 0 Å². The van der Waals surface area contributed by atoms with Crippen molar-refractivity contribution in [1.82, 2.24) is 10.2 Å². The number of nitrogens with one attached hydrogen (secondary N) is 1. The second kappa shape index (κ2) is 3.59. The first-order valence-electron chi connectivity index (χ1n) is 4.30. The van der Waals surface area contributed by atoms with Gasteiger partial charge in [0.2, 0.25) is 0 Å². The summed E-state index contributed by atoms with van der Waals surface area (Å²) in [4.78, 5) is 34.6. The van der Waals surface area contributed by atoms with E-state index >= 15 is 0 Å². The summed E-state index contributed by atoms with van der Waals surface area (Å²) in [6.07, 6.45) is -1.69. The number of nitrogens with zero attached hydrogens (tertiary/aromatic N) is 1. The van der Waals surface area contributed by atoms with Gasteiger partial charge in [-0.2, -0.15) is 0 Å². The first-order chi connectivity index (χ1) is 6.82. The summed E-state index contributed by atoms with van der Waals surface area (Å²) in [6, 6.07) is -0.887. The quantitative estimate of drug-likeness (QED) is 0.472. The van der Waals surface area contributed by atoms with Crippen LogP contribution in [0.2, 0.25) is 0 Å². The molecule has 4 amide bonds. The molecule has 1 aliphatic heterocycles. The number of rotatable bonds is 2. The Labute approximate surface area is 85.7 Å². The monoisotopic (exact) mass is 216 g/mol. The number of carbonyl (C=O) groups excluding carboxylic acids is 3. The average Bonchev–Trinajstić information content (AvgIpc) is 2.34. The summed E-state index contributed by atoms with van der Waals surface area (Å²) in [6.45, 7) is 1.94. The van der Waals surface area contributed by atoms with Gasteiger partial charge in [0.15, 0.2) is 6.10 Å². The van der Waals surface area contributed by atoms with Crippen LogP contribution in [0.1, 0.15) is 13.8 Å². The van der Waals surface area contributed by atoms with Gasteiger partial charge in [-0.25, -0.2) is 9.69 Å². The Bertz CT molecular complexity index is 325. The van der Waals surface area contributed by atoms with Gasteiger partial charge in [0.05, 0.1) is 6.61 Å². The van der Waals surface area contributed by atoms with Crippen molar-refractivity contribution in [1.29, 1.82) is 0 Å². The molecule has 0 radical (unpaired) electrons. The molecule has 84 valence electrons. The van der Waals surface area contributed by atoms with E-state index in [1.807, 2.05) is 5.32 Å². The van der Waals surface area contributed by atoms with E-state index in [1.54, 1.807) is 0 Å². The minimum Gasteiger partial charge on any atom is -0.393 e. The van der Waals surface area contributed by atoms with Crippen molar-refractivity contribution in [3.8, 4) is 0 Å². The van der Waals surface area contributed by atoms with Gasteiger partial charge < -0.3 is 10.2 Å². The predicted molar refractivity (Wildman–Crippen MR) is 47.6 cm³/mol. The van der Waals surface area contributed by atoms with Crippen molar-refractivity contribution in [2.24, 2.45) is 0 Å². The Kier molecular flexibility index (Phi) is 2.78. The molecule has 0 aromatic carbocycles. The van der Waals surface area contributed by atoms with Gasteiger partial charge in [0.25, 0.3) is 11.8 Å². The van der Waals surface area contributed by atoms with Gasteiger partial charge in [0.1, 0.15) is 5.54 Å². The maximum absolute atomic E-state index is 11.5. The largest absolute Gasteiger partial charge is 0.393 e. The van der Waals surface area contributed by atoms with Crippen LogP contribution in [0.15, 0.2) is 0 Å². The molecule has 1 aliphatic rings. The van der Waals surface area contributed by atoms with Crippen molar-refractivity contribution in [2.45, 2.75) is 25.5 Å². The fourth-order valence-corrected chi connectivity index (χ4v) is 1.26. The zero-order chi connectivity index (χ0) is 11.8. The summed E-state index contributed by atoms with van der Waals surface area (Å²) in [5.41, 5.74) is -1.34. The van der Waals surface area contributed by atoms with Gasteiger partial charge >= 0.3 is 6.03 Å². The van der Waals surface area contributed by atoms with Gasteiger partial charge in [0, 0.05) is 0 Å². The molecule has 0 bridgehead atoms. The van der Waals surface area contributed by atoms with E-state index in [1.165, 1.54) is 13.8 Å². The molecule has 3 N–H and O–H groups in total. The number of aliphatic hydroxyl groups excluding tert-OH is 2. The van der Waals surface area contributed by atoms with Crippen LogP contribution in [0, 0.1) is 0 Å². The van der Waals surface area contributed by atoms with Crippen molar-refractivity contribution in [3.63, 3.8) is 0 Å². The summed E-state index contributed by atoms with van der Waals surface area (Å²) in [5.74, 6) is -1.61. The Morgan fingerprint density at radius 2 is 2.07 bits per heavy atom. The molecule has 1 unspecified atom stereocenters. The fraction of sp³-hybridized carbons (Fsp3) is 0.625. The Hall–Kier alpha value is -1.47. The molecule has 0 spiro atoms. The molecule has 1 rings (SSSR count). The average molecular weight is 216 g/mol. The summed E-state index contributed by atoms with van der Waals surface area (Å²) in [7, 11) is 0. The maximum Gasteiger partial charge on any atom is 0.331 e. The summed E-state index contributed by atoms with van der Waals surface area (Å²) >= 11 is 0. The molecule has 1 heterocycles. The third kappa shape index (κ3) is 1.71. The van der Waals surface area contributed by atoms with Gasteiger partial charge in [-0.1, -0.05) is 0 Å². The minimum atomic E-state index is -1.69. The van der Waals surface area contributed by atoms with Crippen LogP contribution in [0.5, 0.6) is 0 Å². The smallest absolute Gasteiger partial charge is 0.331 e. The second-order valence-corrected chi connectivity index (χ2v) is 3.69. The number of hydrogen-bond acceptors (Lipinski definition) is 5. The van der Waals surface area contributed by atoms with E-state index in [9.17, 15) is 14.4 Å². The Morgan fingerprint density at radius 1 is 1.53 bits per heavy atom. The number of urea groups is 1. The number of aliphatic hydroxyl groups is 2. The highest BCUT2D eigenvalue weighted by Gasteiger charge is 2.50. The first kappa shape index (κ1) is 11.6. The van der Waals surface area contributed by atoms with E-state index in [4.69, 9.17) is 10.2 Å². The van der Waals surface area contributed by atoms with E-state index < -0.39 is 36.1 Å². The van der Waals surface area contributed by atoms with Crippen LogP contribution in [-0.2, 0) is 9.59 Å². The molecule has 1 fully saturated rings. The lowest BCUT2D eigenvalue weighted by Gasteiger charge is -2.27. The first-order valence-corrected chi connectivity index (χ1v) is 4.30. The maximum atomic E-state index is 11.5. The predicted octanol–water partition coefficient (Wildman–Crippen LogP) is -1.80. The molecular formula is C8H12N2O5. The van der Waals surface area contributed by atoms with Crippen molar-refractivity contribution >= 4 is 17.8 Å². The molecule has 0 saturated carbocycles. The number of hydrogen-bond donors (Lipinski definition) is 3. The van der Waals surface area contributed by atoms with Crippen LogP contribution in [0.3, 0.4) is 0 Å². The van der Waals surface area contributed by atoms with E-state index in [0.29, 0.717) is 4.90 Å². The highest BCUT2D eigenvalue weighted by atomic mass is 16.3. The van der Waals surface area contributed by atoms with Gasteiger partial charge in [-0.3, -0.25) is 14.9 Å². The molecule has 7 heteroatoms. The number of carbonyl (C=O) groups is 3. The fourth-order valence-electron chi connectivity index (χ4n) is 1.26. The molecule has 0 aromatic rings. The van der Waals surface area contributed by atoms with Crippen LogP contribution < -0.4 is 5.32 Å². The standard InChI is InChI=1S/C8H12N2O5/c1-8(2)6(14)9-7(15)10(8)5(13)4(12)3-11/h4,11-12H,3H2,1-2H3,(H,9,14,15). The minimum absolute atomic E-state index is 0.607. The lowest BCUT2D eigenvalue weighted by molar-refractivity contribution is -0.145. The van der Waals surface area contributed by atoms with E-state index in [0.717, 1.165) is 0 Å². The lowest BCUT2D eigenvalue weighted by Crippen LogP contribution is -2.52. The second-order valence-electron chi connectivity index (χ2n) is 3.69. The summed E-state index contributed by atoms with van der Waals surface area (Å²) < 4.78 is 0. The topological polar surface area (TPSA) is 107 Å². The zero-order valence-electron chi connectivity index (χ0n) is 8.35. The highest BCUT2D eigenvalue weighted by molar-refractivity contribution is 6.14. The normalized spacial score (nSPS) is 21.5.